The molecule has 2 aliphatic carbocycles. The molecule has 5 rings (SSSR count). The number of nitrogens with one attached hydrogen (secondary N) is 1. The van der Waals surface area contributed by atoms with E-state index in [2.05, 4.69) is 10.8 Å². The van der Waals surface area contributed by atoms with Gasteiger partial charge in [-0.15, -0.1) is 11.3 Å². The van der Waals surface area contributed by atoms with Crippen LogP contribution in [0.15, 0.2) is 64.9 Å². The molecule has 3 unspecified atom stereocenters. The average Bonchev–Trinajstić information content (AvgIpc) is 3.19. The Hall–Kier alpha value is -2.19. The van der Waals surface area contributed by atoms with E-state index in [4.69, 9.17) is 16.3 Å². The van der Waals surface area contributed by atoms with Crippen molar-refractivity contribution in [3.8, 4) is 10.4 Å². The molecule has 0 radical (unpaired) electrons. The highest BCUT2D eigenvalue weighted by molar-refractivity contribution is 7.91. The van der Waals surface area contributed by atoms with Gasteiger partial charge < -0.3 is 4.74 Å². The number of sulfonamides is 1. The maximum absolute atomic E-state index is 13.5. The Balaban J connectivity index is 1.50. The predicted octanol–water partition coefficient (Wildman–Crippen LogP) is 5.40. The van der Waals surface area contributed by atoms with E-state index in [0.717, 1.165) is 35.3 Å². The van der Waals surface area contributed by atoms with Gasteiger partial charge in [0.05, 0.1) is 6.61 Å². The van der Waals surface area contributed by atoms with E-state index in [1.54, 1.807) is 31.2 Å². The monoisotopic (exact) mass is 501 g/mol. The van der Waals surface area contributed by atoms with Crippen molar-refractivity contribution < 1.29 is 17.9 Å². The molecule has 0 saturated heterocycles. The lowest BCUT2D eigenvalue weighted by molar-refractivity contribution is -0.147. The van der Waals surface area contributed by atoms with Crippen molar-refractivity contribution in [3.63, 3.8) is 0 Å². The number of esters is 1. The highest BCUT2D eigenvalue weighted by Gasteiger charge is 2.72. The van der Waals surface area contributed by atoms with Crippen molar-refractivity contribution in [2.45, 2.75) is 41.9 Å². The van der Waals surface area contributed by atoms with E-state index in [-0.39, 0.29) is 22.7 Å². The van der Waals surface area contributed by atoms with Gasteiger partial charge in [0.1, 0.15) is 9.75 Å². The summed E-state index contributed by atoms with van der Waals surface area (Å²) in [4.78, 5) is 14.0. The number of halogens is 1. The first-order valence-electron chi connectivity index (χ1n) is 11.0. The fourth-order valence-electron chi connectivity index (χ4n) is 5.11. The molecule has 172 valence electrons. The summed E-state index contributed by atoms with van der Waals surface area (Å²) >= 11 is 7.14. The van der Waals surface area contributed by atoms with Gasteiger partial charge in [0, 0.05) is 15.8 Å². The quantitative estimate of drug-likeness (QED) is 0.459. The largest absolute Gasteiger partial charge is 0.465 e. The van der Waals surface area contributed by atoms with Gasteiger partial charge in [-0.3, -0.25) is 0 Å². The molecule has 0 aliphatic heterocycles. The Morgan fingerprint density at radius 3 is 2.67 bits per heavy atom. The van der Waals surface area contributed by atoms with Crippen molar-refractivity contribution in [3.05, 3.63) is 76.8 Å². The van der Waals surface area contributed by atoms with Crippen LogP contribution in [0.1, 0.15) is 36.8 Å². The lowest BCUT2D eigenvalue weighted by Gasteiger charge is -2.20. The third-order valence-electron chi connectivity index (χ3n) is 6.61. The van der Waals surface area contributed by atoms with Crippen LogP contribution >= 0.6 is 22.9 Å². The van der Waals surface area contributed by atoms with Crippen molar-refractivity contribution >= 4 is 38.9 Å². The second-order valence-electron chi connectivity index (χ2n) is 8.50. The van der Waals surface area contributed by atoms with Crippen molar-refractivity contribution in [1.82, 2.24) is 4.72 Å². The Bertz CT molecular complexity index is 1300. The predicted molar refractivity (Wildman–Crippen MR) is 130 cm³/mol. The van der Waals surface area contributed by atoms with Crippen LogP contribution in [0.5, 0.6) is 0 Å². The first-order chi connectivity index (χ1) is 15.9. The molecule has 3 aromatic rings. The smallest absolute Gasteiger partial charge is 0.328 e. The van der Waals surface area contributed by atoms with Gasteiger partial charge in [-0.1, -0.05) is 48.0 Å². The molecule has 33 heavy (non-hydrogen) atoms. The summed E-state index contributed by atoms with van der Waals surface area (Å²) in [6, 6.07) is 18.6. The highest BCUT2D eigenvalue weighted by atomic mass is 35.5. The number of carbonyl (C=O) groups is 1. The van der Waals surface area contributed by atoms with Gasteiger partial charge >= 0.3 is 5.97 Å². The Kier molecular flexibility index (Phi) is 5.85. The summed E-state index contributed by atoms with van der Waals surface area (Å²) in [7, 11) is -3.95. The lowest BCUT2D eigenvalue weighted by Crippen LogP contribution is -2.47. The van der Waals surface area contributed by atoms with E-state index >= 15 is 0 Å². The zero-order chi connectivity index (χ0) is 23.2. The minimum Gasteiger partial charge on any atom is -0.465 e. The summed E-state index contributed by atoms with van der Waals surface area (Å²) in [6.07, 6.45) is 2.60. The van der Waals surface area contributed by atoms with Gasteiger partial charge in [-0.2, -0.15) is 4.72 Å². The zero-order valence-corrected chi connectivity index (χ0v) is 20.5. The SMILES string of the molecule is CCOC(=O)C1(NS(=O)(=O)c2ccc(-c3ccc(Cl)cc3)s2)C2CCCc3ccccc3C21. The molecule has 1 fully saturated rings. The first kappa shape index (κ1) is 22.6. The molecule has 0 bridgehead atoms. The molecular formula is C25H24ClNO4S2. The molecule has 1 heterocycles. The third-order valence-corrected chi connectivity index (χ3v) is 9.97. The molecule has 8 heteroatoms. The maximum atomic E-state index is 13.5. The summed E-state index contributed by atoms with van der Waals surface area (Å²) < 4.78 is 35.4. The minimum absolute atomic E-state index is 0.120. The number of carbonyl (C=O) groups excluding carboxylic acids is 1. The molecule has 2 aliphatic rings. The molecule has 1 N–H and O–H groups in total. The van der Waals surface area contributed by atoms with E-state index in [1.165, 1.54) is 16.9 Å². The maximum Gasteiger partial charge on any atom is 0.328 e. The van der Waals surface area contributed by atoms with Crippen LogP contribution in [0.4, 0.5) is 0 Å². The molecule has 1 saturated carbocycles. The second kappa shape index (κ2) is 8.55. The molecule has 1 aromatic heterocycles. The Labute approximate surface area is 202 Å². The standard InChI is InChI=1S/C25H24ClNO4S2/c1-2-31-24(28)25(20-9-5-7-16-6-3-4-8-19(16)23(20)25)27-33(29,30)22-15-14-21(32-22)17-10-12-18(26)13-11-17/h3-4,6,8,10-15,20,23,27H,2,5,7,9H2,1H3. The summed E-state index contributed by atoms with van der Waals surface area (Å²) in [5, 5.41) is 0.619. The van der Waals surface area contributed by atoms with E-state index in [1.807, 2.05) is 30.3 Å². The fourth-order valence-corrected chi connectivity index (χ4v) is 7.97. The number of hydrogen-bond donors (Lipinski definition) is 1. The number of benzene rings is 2. The van der Waals surface area contributed by atoms with Crippen LogP contribution in [0.25, 0.3) is 10.4 Å². The van der Waals surface area contributed by atoms with E-state index in [0.29, 0.717) is 5.02 Å². The van der Waals surface area contributed by atoms with Crippen molar-refractivity contribution in [1.29, 1.82) is 0 Å². The van der Waals surface area contributed by atoms with E-state index < -0.39 is 21.5 Å². The first-order valence-corrected chi connectivity index (χ1v) is 13.7. The van der Waals surface area contributed by atoms with Crippen LogP contribution < -0.4 is 4.72 Å². The zero-order valence-electron chi connectivity index (χ0n) is 18.1. The Morgan fingerprint density at radius 1 is 1.15 bits per heavy atom. The lowest BCUT2D eigenvalue weighted by atomic mass is 9.97. The van der Waals surface area contributed by atoms with Crippen LogP contribution in [0, 0.1) is 5.92 Å². The van der Waals surface area contributed by atoms with Crippen molar-refractivity contribution in [2.24, 2.45) is 5.92 Å². The summed E-state index contributed by atoms with van der Waals surface area (Å²) in [6.45, 7) is 1.94. The summed E-state index contributed by atoms with van der Waals surface area (Å²) in [5.41, 5.74) is 1.84. The van der Waals surface area contributed by atoms with Crippen LogP contribution in [0.3, 0.4) is 0 Å². The van der Waals surface area contributed by atoms with Crippen LogP contribution in [-0.4, -0.2) is 26.5 Å². The van der Waals surface area contributed by atoms with E-state index in [9.17, 15) is 13.2 Å². The molecular weight excluding hydrogens is 478 g/mol. The minimum atomic E-state index is -3.95. The van der Waals surface area contributed by atoms with Gasteiger partial charge in [0.2, 0.25) is 0 Å². The number of ether oxygens (including phenoxy) is 1. The number of hydrogen-bond acceptors (Lipinski definition) is 5. The third kappa shape index (κ3) is 3.91. The molecule has 5 nitrogen and oxygen atoms in total. The normalized spacial score (nSPS) is 23.8. The van der Waals surface area contributed by atoms with Gasteiger partial charge in [0.15, 0.2) is 0 Å². The number of thiophene rings is 1. The van der Waals surface area contributed by atoms with Crippen molar-refractivity contribution in [2.75, 3.05) is 6.61 Å². The fraction of sp³-hybridized carbons (Fsp3) is 0.320. The molecule has 0 amide bonds. The van der Waals surface area contributed by atoms with Crippen LogP contribution in [0.2, 0.25) is 5.02 Å². The highest BCUT2D eigenvalue weighted by Crippen LogP contribution is 2.63. The number of fused-ring (bicyclic) bond motifs is 3. The molecule has 3 atom stereocenters. The van der Waals surface area contributed by atoms with Gasteiger partial charge in [-0.05, 0) is 73.1 Å². The number of aryl methyl sites for hydroxylation is 1. The van der Waals surface area contributed by atoms with Crippen LogP contribution in [-0.2, 0) is 26.0 Å². The molecule has 2 aromatic carbocycles. The average molecular weight is 502 g/mol. The van der Waals surface area contributed by atoms with Gasteiger partial charge in [0.25, 0.3) is 10.0 Å². The number of rotatable bonds is 6. The van der Waals surface area contributed by atoms with Gasteiger partial charge in [-0.25, -0.2) is 13.2 Å². The second-order valence-corrected chi connectivity index (χ2v) is 11.9. The summed E-state index contributed by atoms with van der Waals surface area (Å²) in [5.74, 6) is -0.832. The Morgan fingerprint density at radius 2 is 1.91 bits per heavy atom. The topological polar surface area (TPSA) is 72.5 Å². The molecule has 0 spiro atoms.